The fourth-order valence-electron chi connectivity index (χ4n) is 4.14. The van der Waals surface area contributed by atoms with Gasteiger partial charge in [0.2, 0.25) is 5.91 Å². The number of rotatable bonds is 7. The van der Waals surface area contributed by atoms with Crippen molar-refractivity contribution in [2.45, 2.75) is 47.2 Å². The van der Waals surface area contributed by atoms with Crippen molar-refractivity contribution >= 4 is 22.8 Å². The number of nitrogens with two attached hydrogens (primary N) is 1. The average molecular weight is 460 g/mol. The lowest BCUT2D eigenvalue weighted by Crippen LogP contribution is -2.30. The number of aromatic nitrogens is 3. The Hall–Kier alpha value is -3.94. The SMILES string of the molecule is CCN(Cc1cccc(C(N)=O)c1)C(=O)c1cc(-c2cc(C)oc2C)nc2c1cnn2C(C)C. The summed E-state index contributed by atoms with van der Waals surface area (Å²) in [5.74, 6) is 0.892. The maximum atomic E-state index is 13.8. The van der Waals surface area contributed by atoms with Gasteiger partial charge in [0.05, 0.1) is 22.8 Å². The second-order valence-electron chi connectivity index (χ2n) is 8.69. The van der Waals surface area contributed by atoms with E-state index >= 15 is 0 Å². The third-order valence-corrected chi connectivity index (χ3v) is 5.86. The van der Waals surface area contributed by atoms with Crippen LogP contribution >= 0.6 is 0 Å². The molecule has 8 nitrogen and oxygen atoms in total. The van der Waals surface area contributed by atoms with E-state index in [2.05, 4.69) is 5.10 Å². The van der Waals surface area contributed by atoms with Crippen molar-refractivity contribution in [3.63, 3.8) is 0 Å². The zero-order chi connectivity index (χ0) is 24.6. The van der Waals surface area contributed by atoms with Gasteiger partial charge in [-0.25, -0.2) is 9.67 Å². The van der Waals surface area contributed by atoms with Crippen LogP contribution in [0.2, 0.25) is 0 Å². The number of carbonyl (C=O) groups excluding carboxylic acids is 2. The summed E-state index contributed by atoms with van der Waals surface area (Å²) in [6.45, 7) is 10.6. The molecule has 4 aromatic rings. The first-order chi connectivity index (χ1) is 16.2. The molecule has 3 aromatic heterocycles. The van der Waals surface area contributed by atoms with Gasteiger partial charge in [-0.05, 0) is 64.4 Å². The largest absolute Gasteiger partial charge is 0.466 e. The molecule has 0 unspecified atom stereocenters. The molecule has 0 aliphatic heterocycles. The summed E-state index contributed by atoms with van der Waals surface area (Å²) in [5, 5.41) is 5.21. The molecular formula is C26H29N5O3. The van der Waals surface area contributed by atoms with Crippen LogP contribution in [0.1, 0.15) is 64.6 Å². The lowest BCUT2D eigenvalue weighted by molar-refractivity contribution is 0.0754. The van der Waals surface area contributed by atoms with Crippen molar-refractivity contribution in [2.75, 3.05) is 6.54 Å². The lowest BCUT2D eigenvalue weighted by Gasteiger charge is -2.22. The van der Waals surface area contributed by atoms with Gasteiger partial charge in [0.15, 0.2) is 5.65 Å². The number of fused-ring (bicyclic) bond motifs is 1. The van der Waals surface area contributed by atoms with Gasteiger partial charge in [0.1, 0.15) is 11.5 Å². The quantitative estimate of drug-likeness (QED) is 0.433. The van der Waals surface area contributed by atoms with Crippen LogP contribution in [-0.4, -0.2) is 38.0 Å². The zero-order valence-electron chi connectivity index (χ0n) is 20.1. The molecule has 0 aliphatic carbocycles. The molecule has 8 heteroatoms. The average Bonchev–Trinajstić information content (AvgIpc) is 3.38. The number of nitrogens with zero attached hydrogens (tertiary/aromatic N) is 4. The highest BCUT2D eigenvalue weighted by molar-refractivity contribution is 6.06. The molecule has 2 N–H and O–H groups in total. The molecule has 0 saturated heterocycles. The molecule has 0 spiro atoms. The Morgan fingerprint density at radius 3 is 2.56 bits per heavy atom. The predicted molar refractivity (Wildman–Crippen MR) is 130 cm³/mol. The fraction of sp³-hybridized carbons (Fsp3) is 0.308. The lowest BCUT2D eigenvalue weighted by atomic mass is 10.1. The smallest absolute Gasteiger partial charge is 0.255 e. The minimum absolute atomic E-state index is 0.0780. The number of hydrogen-bond donors (Lipinski definition) is 1. The monoisotopic (exact) mass is 459 g/mol. The number of hydrogen-bond acceptors (Lipinski definition) is 5. The molecule has 0 fully saturated rings. The van der Waals surface area contributed by atoms with E-state index in [9.17, 15) is 9.59 Å². The Morgan fingerprint density at radius 2 is 1.94 bits per heavy atom. The molecule has 0 aliphatic rings. The van der Waals surface area contributed by atoms with E-state index in [4.69, 9.17) is 15.1 Å². The topological polar surface area (TPSA) is 107 Å². The van der Waals surface area contributed by atoms with Crippen LogP contribution in [0.5, 0.6) is 0 Å². The van der Waals surface area contributed by atoms with Crippen molar-refractivity contribution in [1.29, 1.82) is 0 Å². The fourth-order valence-corrected chi connectivity index (χ4v) is 4.14. The molecule has 1 aromatic carbocycles. The van der Waals surface area contributed by atoms with Gasteiger partial charge in [-0.3, -0.25) is 9.59 Å². The van der Waals surface area contributed by atoms with E-state index in [1.165, 1.54) is 0 Å². The van der Waals surface area contributed by atoms with Gasteiger partial charge in [0, 0.05) is 30.3 Å². The molecule has 4 rings (SSSR count). The van der Waals surface area contributed by atoms with Crippen molar-refractivity contribution in [3.8, 4) is 11.3 Å². The maximum Gasteiger partial charge on any atom is 0.255 e. The summed E-state index contributed by atoms with van der Waals surface area (Å²) >= 11 is 0. The van der Waals surface area contributed by atoms with Crippen LogP contribution in [0, 0.1) is 13.8 Å². The van der Waals surface area contributed by atoms with Crippen LogP contribution in [0.15, 0.2) is 47.0 Å². The second-order valence-corrected chi connectivity index (χ2v) is 8.69. The van der Waals surface area contributed by atoms with E-state index in [0.717, 1.165) is 22.6 Å². The van der Waals surface area contributed by atoms with E-state index < -0.39 is 5.91 Å². The first-order valence-corrected chi connectivity index (χ1v) is 11.3. The number of carbonyl (C=O) groups is 2. The van der Waals surface area contributed by atoms with Gasteiger partial charge < -0.3 is 15.1 Å². The molecule has 0 radical (unpaired) electrons. The van der Waals surface area contributed by atoms with Gasteiger partial charge in [0.25, 0.3) is 5.91 Å². The van der Waals surface area contributed by atoms with Gasteiger partial charge in [-0.15, -0.1) is 0 Å². The molecule has 176 valence electrons. The van der Waals surface area contributed by atoms with Crippen molar-refractivity contribution in [2.24, 2.45) is 5.73 Å². The summed E-state index contributed by atoms with van der Waals surface area (Å²) in [5.41, 5.74) is 9.37. The van der Waals surface area contributed by atoms with Crippen molar-refractivity contribution < 1.29 is 14.0 Å². The Bertz CT molecular complexity index is 1380. The highest BCUT2D eigenvalue weighted by Gasteiger charge is 2.23. The molecule has 3 heterocycles. The number of pyridine rings is 1. The molecule has 0 atom stereocenters. The minimum atomic E-state index is -0.497. The Labute approximate surface area is 198 Å². The van der Waals surface area contributed by atoms with Crippen LogP contribution in [0.25, 0.3) is 22.3 Å². The summed E-state index contributed by atoms with van der Waals surface area (Å²) in [4.78, 5) is 32.0. The Morgan fingerprint density at radius 1 is 1.18 bits per heavy atom. The molecule has 0 saturated carbocycles. The number of amides is 2. The zero-order valence-corrected chi connectivity index (χ0v) is 20.1. The standard InChI is InChI=1S/C26H29N5O3/c1-6-30(14-18-8-7-9-19(11-18)24(27)32)26(33)21-12-23(20-10-16(4)34-17(20)5)29-25-22(21)13-28-31(25)15(2)3/h7-13,15H,6,14H2,1-5H3,(H2,27,32). The summed E-state index contributed by atoms with van der Waals surface area (Å²) in [7, 11) is 0. The van der Waals surface area contributed by atoms with Crippen molar-refractivity contribution in [3.05, 3.63) is 70.8 Å². The summed E-state index contributed by atoms with van der Waals surface area (Å²) < 4.78 is 7.55. The summed E-state index contributed by atoms with van der Waals surface area (Å²) in [6, 6.07) is 10.9. The number of aryl methyl sites for hydroxylation is 2. The van der Waals surface area contributed by atoms with Crippen molar-refractivity contribution in [1.82, 2.24) is 19.7 Å². The third kappa shape index (κ3) is 4.31. The second kappa shape index (κ2) is 9.13. The van der Waals surface area contributed by atoms with E-state index in [-0.39, 0.29) is 11.9 Å². The van der Waals surface area contributed by atoms with E-state index in [0.29, 0.717) is 40.9 Å². The van der Waals surface area contributed by atoms with E-state index in [1.807, 2.05) is 57.5 Å². The van der Waals surface area contributed by atoms with Crippen LogP contribution in [0.4, 0.5) is 0 Å². The summed E-state index contributed by atoms with van der Waals surface area (Å²) in [6.07, 6.45) is 1.70. The minimum Gasteiger partial charge on any atom is -0.466 e. The van der Waals surface area contributed by atoms with E-state index in [1.54, 1.807) is 29.3 Å². The van der Waals surface area contributed by atoms with Gasteiger partial charge in [-0.2, -0.15) is 5.10 Å². The van der Waals surface area contributed by atoms with Gasteiger partial charge >= 0.3 is 0 Å². The van der Waals surface area contributed by atoms with Crippen LogP contribution in [-0.2, 0) is 6.54 Å². The number of furan rings is 1. The molecular weight excluding hydrogens is 430 g/mol. The highest BCUT2D eigenvalue weighted by atomic mass is 16.3. The normalized spacial score (nSPS) is 11.4. The predicted octanol–water partition coefficient (Wildman–Crippen LogP) is 4.65. The molecule has 34 heavy (non-hydrogen) atoms. The molecule has 0 bridgehead atoms. The third-order valence-electron chi connectivity index (χ3n) is 5.86. The number of primary amides is 1. The Kier molecular flexibility index (Phi) is 6.24. The van der Waals surface area contributed by atoms with Crippen LogP contribution in [0.3, 0.4) is 0 Å². The molecule has 2 amide bonds. The Balaban J connectivity index is 1.81. The maximum absolute atomic E-state index is 13.8. The first-order valence-electron chi connectivity index (χ1n) is 11.3. The van der Waals surface area contributed by atoms with Gasteiger partial charge in [-0.1, -0.05) is 12.1 Å². The number of benzene rings is 1. The van der Waals surface area contributed by atoms with Crippen LogP contribution < -0.4 is 5.73 Å². The first kappa shape index (κ1) is 23.2. The highest BCUT2D eigenvalue weighted by Crippen LogP contribution is 2.30.